The average molecular weight is 441 g/mol. The molecule has 0 unspecified atom stereocenters. The SMILES string of the molecule is CCOC(=O)c1cc(Cc2ccccc2)sc1NC(=S)Nc1ccc(OCC)cc1. The van der Waals surface area contributed by atoms with Crippen LogP contribution in [0, 0.1) is 0 Å². The second-order valence-corrected chi connectivity index (χ2v) is 7.92. The molecule has 0 saturated carbocycles. The van der Waals surface area contributed by atoms with Gasteiger partial charge in [-0.3, -0.25) is 0 Å². The second-order valence-electron chi connectivity index (χ2n) is 6.37. The van der Waals surface area contributed by atoms with E-state index in [1.807, 2.05) is 55.5 Å². The summed E-state index contributed by atoms with van der Waals surface area (Å²) >= 11 is 6.95. The molecule has 0 radical (unpaired) electrons. The van der Waals surface area contributed by atoms with E-state index < -0.39 is 0 Å². The molecule has 0 aliphatic carbocycles. The molecule has 156 valence electrons. The molecular weight excluding hydrogens is 416 g/mol. The first kappa shape index (κ1) is 21.8. The standard InChI is InChI=1S/C23H24N2O3S2/c1-3-27-18-12-10-17(11-13-18)24-23(29)25-21-20(22(26)28-4-2)15-19(30-21)14-16-8-6-5-7-9-16/h5-13,15H,3-4,14H2,1-2H3,(H2,24,25,29). The molecule has 0 bridgehead atoms. The van der Waals surface area contributed by atoms with Crippen molar-refractivity contribution in [3.63, 3.8) is 0 Å². The average Bonchev–Trinajstić information content (AvgIpc) is 3.12. The van der Waals surface area contributed by atoms with Crippen LogP contribution in [-0.4, -0.2) is 24.3 Å². The number of thiocarbonyl (C=S) groups is 1. The molecule has 0 saturated heterocycles. The zero-order valence-electron chi connectivity index (χ0n) is 16.9. The van der Waals surface area contributed by atoms with E-state index in [-0.39, 0.29) is 5.97 Å². The van der Waals surface area contributed by atoms with Crippen LogP contribution in [0.4, 0.5) is 10.7 Å². The van der Waals surface area contributed by atoms with Crippen molar-refractivity contribution >= 4 is 45.3 Å². The number of hydrogen-bond donors (Lipinski definition) is 2. The van der Waals surface area contributed by atoms with Crippen LogP contribution < -0.4 is 15.4 Å². The van der Waals surface area contributed by atoms with Crippen LogP contribution in [-0.2, 0) is 11.2 Å². The predicted molar refractivity (Wildman–Crippen MR) is 127 cm³/mol. The van der Waals surface area contributed by atoms with Crippen molar-refractivity contribution in [2.75, 3.05) is 23.8 Å². The molecule has 2 N–H and O–H groups in total. The van der Waals surface area contributed by atoms with Crippen molar-refractivity contribution in [2.24, 2.45) is 0 Å². The molecule has 0 amide bonds. The minimum absolute atomic E-state index is 0.316. The predicted octanol–water partition coefficient (Wildman–Crippen LogP) is 5.72. The number of benzene rings is 2. The number of ether oxygens (including phenoxy) is 2. The van der Waals surface area contributed by atoms with Gasteiger partial charge in [-0.25, -0.2) is 4.79 Å². The van der Waals surface area contributed by atoms with E-state index in [1.165, 1.54) is 16.9 Å². The van der Waals surface area contributed by atoms with E-state index in [9.17, 15) is 4.79 Å². The van der Waals surface area contributed by atoms with Gasteiger partial charge in [-0.1, -0.05) is 30.3 Å². The minimum Gasteiger partial charge on any atom is -0.494 e. The Kier molecular flexibility index (Phi) is 7.82. The van der Waals surface area contributed by atoms with Gasteiger partial charge in [0.25, 0.3) is 0 Å². The zero-order valence-corrected chi connectivity index (χ0v) is 18.6. The third kappa shape index (κ3) is 6.05. The molecule has 30 heavy (non-hydrogen) atoms. The Morgan fingerprint density at radius 2 is 1.73 bits per heavy atom. The van der Waals surface area contributed by atoms with Crippen molar-refractivity contribution in [1.29, 1.82) is 0 Å². The Hall–Kier alpha value is -2.90. The third-order valence-electron chi connectivity index (χ3n) is 4.15. The summed E-state index contributed by atoms with van der Waals surface area (Å²) in [6, 6.07) is 19.5. The van der Waals surface area contributed by atoms with Crippen LogP contribution in [0.5, 0.6) is 5.75 Å². The number of anilines is 2. The fourth-order valence-corrected chi connectivity index (χ4v) is 4.21. The normalized spacial score (nSPS) is 10.3. The lowest BCUT2D eigenvalue weighted by atomic mass is 10.1. The summed E-state index contributed by atoms with van der Waals surface area (Å²) in [5, 5.41) is 7.36. The molecule has 1 aromatic heterocycles. The summed E-state index contributed by atoms with van der Waals surface area (Å²) in [5.74, 6) is 0.440. The second kappa shape index (κ2) is 10.8. The fourth-order valence-electron chi connectivity index (χ4n) is 2.85. The van der Waals surface area contributed by atoms with Gasteiger partial charge in [-0.15, -0.1) is 11.3 Å². The molecule has 7 heteroatoms. The maximum Gasteiger partial charge on any atom is 0.341 e. The number of carbonyl (C=O) groups excluding carboxylic acids is 1. The van der Waals surface area contributed by atoms with Gasteiger partial charge in [-0.2, -0.15) is 0 Å². The lowest BCUT2D eigenvalue weighted by Crippen LogP contribution is -2.20. The Morgan fingerprint density at radius 1 is 1.00 bits per heavy atom. The molecule has 0 aliphatic heterocycles. The maximum atomic E-state index is 12.4. The van der Waals surface area contributed by atoms with Gasteiger partial charge in [-0.05, 0) is 62.0 Å². The van der Waals surface area contributed by atoms with Crippen molar-refractivity contribution < 1.29 is 14.3 Å². The molecule has 0 fully saturated rings. The molecule has 0 spiro atoms. The summed E-state index contributed by atoms with van der Waals surface area (Å²) in [4.78, 5) is 13.5. The lowest BCUT2D eigenvalue weighted by molar-refractivity contribution is 0.0528. The number of nitrogens with one attached hydrogen (secondary N) is 2. The minimum atomic E-state index is -0.362. The van der Waals surface area contributed by atoms with Crippen LogP contribution in [0.25, 0.3) is 0 Å². The van der Waals surface area contributed by atoms with E-state index in [1.54, 1.807) is 6.92 Å². The van der Waals surface area contributed by atoms with E-state index in [2.05, 4.69) is 22.8 Å². The summed E-state index contributed by atoms with van der Waals surface area (Å²) < 4.78 is 10.7. The topological polar surface area (TPSA) is 59.6 Å². The smallest absolute Gasteiger partial charge is 0.341 e. The summed E-state index contributed by atoms with van der Waals surface area (Å²) in [7, 11) is 0. The molecule has 5 nitrogen and oxygen atoms in total. The Balaban J connectivity index is 1.73. The first-order valence-corrected chi connectivity index (χ1v) is 11.0. The summed E-state index contributed by atoms with van der Waals surface area (Å²) in [6.07, 6.45) is 0.735. The van der Waals surface area contributed by atoms with Gasteiger partial charge in [0.05, 0.1) is 18.8 Å². The van der Waals surface area contributed by atoms with Crippen LogP contribution in [0.1, 0.15) is 34.6 Å². The van der Waals surface area contributed by atoms with Crippen LogP contribution in [0.3, 0.4) is 0 Å². The van der Waals surface area contributed by atoms with E-state index in [0.29, 0.717) is 28.9 Å². The van der Waals surface area contributed by atoms with Gasteiger partial charge in [0.2, 0.25) is 0 Å². The van der Waals surface area contributed by atoms with Gasteiger partial charge in [0.1, 0.15) is 10.8 Å². The van der Waals surface area contributed by atoms with E-state index in [0.717, 1.165) is 22.7 Å². The molecule has 0 atom stereocenters. The zero-order chi connectivity index (χ0) is 21.3. The van der Waals surface area contributed by atoms with Gasteiger partial charge in [0.15, 0.2) is 5.11 Å². The monoisotopic (exact) mass is 440 g/mol. The first-order valence-electron chi connectivity index (χ1n) is 9.73. The lowest BCUT2D eigenvalue weighted by Gasteiger charge is -2.11. The fraction of sp³-hybridized carbons (Fsp3) is 0.217. The molecule has 3 aromatic rings. The number of rotatable bonds is 8. The highest BCUT2D eigenvalue weighted by atomic mass is 32.1. The highest BCUT2D eigenvalue weighted by Crippen LogP contribution is 2.31. The summed E-state index contributed by atoms with van der Waals surface area (Å²) in [5.41, 5.74) is 2.49. The quantitative estimate of drug-likeness (QED) is 0.345. The van der Waals surface area contributed by atoms with Crippen molar-refractivity contribution in [2.45, 2.75) is 20.3 Å². The first-order chi connectivity index (χ1) is 14.6. The number of hydrogen-bond acceptors (Lipinski definition) is 5. The molecule has 2 aromatic carbocycles. The number of esters is 1. The van der Waals surface area contributed by atoms with Gasteiger partial charge in [0, 0.05) is 17.0 Å². The highest BCUT2D eigenvalue weighted by Gasteiger charge is 2.18. The van der Waals surface area contributed by atoms with E-state index in [4.69, 9.17) is 21.7 Å². The van der Waals surface area contributed by atoms with Crippen LogP contribution >= 0.6 is 23.6 Å². The van der Waals surface area contributed by atoms with Crippen molar-refractivity contribution in [1.82, 2.24) is 0 Å². The van der Waals surface area contributed by atoms with Crippen LogP contribution in [0.2, 0.25) is 0 Å². The maximum absolute atomic E-state index is 12.4. The molecular formula is C23H24N2O3S2. The van der Waals surface area contributed by atoms with Crippen molar-refractivity contribution in [3.8, 4) is 5.75 Å². The Bertz CT molecular complexity index is 985. The Morgan fingerprint density at radius 3 is 2.40 bits per heavy atom. The van der Waals surface area contributed by atoms with Crippen molar-refractivity contribution in [3.05, 3.63) is 76.7 Å². The third-order valence-corrected chi connectivity index (χ3v) is 5.40. The van der Waals surface area contributed by atoms with E-state index >= 15 is 0 Å². The largest absolute Gasteiger partial charge is 0.494 e. The highest BCUT2D eigenvalue weighted by molar-refractivity contribution is 7.80. The molecule has 3 rings (SSSR count). The molecule has 1 heterocycles. The number of carbonyl (C=O) groups is 1. The van der Waals surface area contributed by atoms with Crippen LogP contribution in [0.15, 0.2) is 60.7 Å². The summed E-state index contributed by atoms with van der Waals surface area (Å²) in [6.45, 7) is 4.67. The number of thiophene rings is 1. The van der Waals surface area contributed by atoms with Gasteiger partial charge < -0.3 is 20.1 Å². The Labute approximate surface area is 186 Å². The van der Waals surface area contributed by atoms with Gasteiger partial charge >= 0.3 is 5.97 Å². The molecule has 0 aliphatic rings.